The lowest BCUT2D eigenvalue weighted by atomic mass is 10.2. The number of hydrogen-bond donors (Lipinski definition) is 0. The second kappa shape index (κ2) is 9.92. The minimum atomic E-state index is 0.795. The van der Waals surface area contributed by atoms with E-state index in [-0.39, 0.29) is 0 Å². The van der Waals surface area contributed by atoms with Crippen LogP contribution in [0.5, 0.6) is 0 Å². The number of methoxy groups -OCH3 is 1. The van der Waals surface area contributed by atoms with Crippen LogP contribution in [0, 0.1) is 6.42 Å². The molecule has 0 aromatic heterocycles. The maximum absolute atomic E-state index is 5.15. The summed E-state index contributed by atoms with van der Waals surface area (Å²) in [6.07, 6.45) is 5.68. The summed E-state index contributed by atoms with van der Waals surface area (Å²) >= 11 is 0. The molecule has 2 nitrogen and oxygen atoms in total. The Kier molecular flexibility index (Phi) is 9.85. The average molecular weight is 159 g/mol. The quantitative estimate of drug-likeness (QED) is 0.505. The molecular weight excluding hydrogens is 140 g/mol. The molecule has 0 aliphatic rings. The van der Waals surface area contributed by atoms with Crippen LogP contribution in [0.25, 0.3) is 0 Å². The van der Waals surface area contributed by atoms with Crippen LogP contribution in [0.15, 0.2) is 0 Å². The Bertz CT molecular complexity index is 56.6. The van der Waals surface area contributed by atoms with Crippen LogP contribution in [0.1, 0.15) is 26.2 Å². The van der Waals surface area contributed by atoms with Gasteiger partial charge in [-0.3, -0.25) is 0 Å². The topological polar surface area (TPSA) is 18.5 Å². The van der Waals surface area contributed by atoms with Gasteiger partial charge in [0.05, 0.1) is 0 Å². The van der Waals surface area contributed by atoms with Crippen molar-refractivity contribution in [2.45, 2.75) is 26.2 Å². The molecule has 0 saturated heterocycles. The van der Waals surface area contributed by atoms with Crippen LogP contribution < -0.4 is 0 Å². The Balaban J connectivity index is 2.69. The van der Waals surface area contributed by atoms with Crippen molar-refractivity contribution in [1.82, 2.24) is 0 Å². The smallest absolute Gasteiger partial charge is 0.0497 e. The first-order valence-corrected chi connectivity index (χ1v) is 4.30. The number of unbranched alkanes of at least 4 members (excludes halogenated alkanes) is 3. The molecule has 0 amide bonds. The zero-order valence-electron chi connectivity index (χ0n) is 7.64. The summed E-state index contributed by atoms with van der Waals surface area (Å²) in [5, 5.41) is 0. The van der Waals surface area contributed by atoms with Gasteiger partial charge in [0, 0.05) is 26.9 Å². The highest BCUT2D eigenvalue weighted by Crippen LogP contribution is 1.98. The molecule has 0 heterocycles. The highest BCUT2D eigenvalue weighted by atomic mass is 16.5. The summed E-state index contributed by atoms with van der Waals surface area (Å²) < 4.78 is 10.1. The number of ether oxygens (including phenoxy) is 2. The van der Waals surface area contributed by atoms with Gasteiger partial charge in [-0.05, 0) is 26.2 Å². The van der Waals surface area contributed by atoms with E-state index in [0.29, 0.717) is 0 Å². The van der Waals surface area contributed by atoms with Crippen molar-refractivity contribution >= 4 is 0 Å². The van der Waals surface area contributed by atoms with Crippen LogP contribution in [-0.2, 0) is 9.47 Å². The van der Waals surface area contributed by atoms with E-state index in [4.69, 9.17) is 9.47 Å². The second-order valence-corrected chi connectivity index (χ2v) is 2.44. The predicted molar refractivity (Wildman–Crippen MR) is 46.5 cm³/mol. The fourth-order valence-corrected chi connectivity index (χ4v) is 0.820. The van der Waals surface area contributed by atoms with Crippen molar-refractivity contribution < 1.29 is 9.47 Å². The molecule has 0 aromatic carbocycles. The molecule has 0 N–H and O–H groups in total. The van der Waals surface area contributed by atoms with Crippen LogP contribution in [0.2, 0.25) is 0 Å². The van der Waals surface area contributed by atoms with Gasteiger partial charge >= 0.3 is 0 Å². The van der Waals surface area contributed by atoms with Gasteiger partial charge < -0.3 is 9.47 Å². The normalized spacial score (nSPS) is 10.4. The van der Waals surface area contributed by atoms with Crippen molar-refractivity contribution in [3.63, 3.8) is 0 Å². The minimum absolute atomic E-state index is 0.795. The minimum Gasteiger partial charge on any atom is -0.385 e. The molecule has 0 unspecified atom stereocenters. The molecule has 0 aliphatic carbocycles. The standard InChI is InChI=1S/C9H19O2/c1-3-11-9-7-5-4-6-8-10-2/h7H,3-6,8-9H2,1-2H3. The third kappa shape index (κ3) is 9.92. The molecule has 11 heavy (non-hydrogen) atoms. The van der Waals surface area contributed by atoms with Crippen molar-refractivity contribution in [3.05, 3.63) is 6.42 Å². The third-order valence-electron chi connectivity index (χ3n) is 1.45. The van der Waals surface area contributed by atoms with E-state index in [1.807, 2.05) is 6.92 Å². The van der Waals surface area contributed by atoms with Crippen molar-refractivity contribution in [2.24, 2.45) is 0 Å². The largest absolute Gasteiger partial charge is 0.385 e. The van der Waals surface area contributed by atoms with E-state index in [1.165, 1.54) is 6.42 Å². The Labute approximate surface area is 69.9 Å². The first-order chi connectivity index (χ1) is 5.41. The molecule has 0 aromatic rings. The summed E-state index contributed by atoms with van der Waals surface area (Å²) in [5.74, 6) is 0. The van der Waals surface area contributed by atoms with Crippen LogP contribution in [0.4, 0.5) is 0 Å². The first kappa shape index (κ1) is 10.9. The van der Waals surface area contributed by atoms with Crippen LogP contribution in [0.3, 0.4) is 0 Å². The molecule has 0 saturated carbocycles. The summed E-state index contributed by atoms with van der Waals surface area (Å²) in [6, 6.07) is 0. The molecule has 2 heteroatoms. The summed E-state index contributed by atoms with van der Waals surface area (Å²) in [5.41, 5.74) is 0. The van der Waals surface area contributed by atoms with E-state index >= 15 is 0 Å². The Morgan fingerprint density at radius 2 is 2.09 bits per heavy atom. The maximum atomic E-state index is 5.15. The van der Waals surface area contributed by atoms with Gasteiger partial charge in [-0.2, -0.15) is 0 Å². The summed E-state index contributed by atoms with van der Waals surface area (Å²) in [4.78, 5) is 0. The number of rotatable bonds is 8. The monoisotopic (exact) mass is 159 g/mol. The molecule has 0 fully saturated rings. The van der Waals surface area contributed by atoms with Crippen LogP contribution in [-0.4, -0.2) is 26.9 Å². The molecule has 0 bridgehead atoms. The average Bonchev–Trinajstić information content (AvgIpc) is 2.03. The molecule has 0 rings (SSSR count). The van der Waals surface area contributed by atoms with E-state index in [9.17, 15) is 0 Å². The third-order valence-corrected chi connectivity index (χ3v) is 1.45. The fourth-order valence-electron chi connectivity index (χ4n) is 0.820. The lowest BCUT2D eigenvalue weighted by Crippen LogP contribution is -1.95. The van der Waals surface area contributed by atoms with Gasteiger partial charge in [0.15, 0.2) is 0 Å². The summed E-state index contributed by atoms with van der Waals surface area (Å²) in [6.45, 7) is 4.50. The molecular formula is C9H19O2. The van der Waals surface area contributed by atoms with Gasteiger partial charge in [-0.15, -0.1) is 0 Å². The van der Waals surface area contributed by atoms with E-state index in [2.05, 4.69) is 6.42 Å². The van der Waals surface area contributed by atoms with E-state index in [1.54, 1.807) is 7.11 Å². The van der Waals surface area contributed by atoms with Crippen molar-refractivity contribution in [1.29, 1.82) is 0 Å². The molecule has 0 atom stereocenters. The van der Waals surface area contributed by atoms with Gasteiger partial charge in [0.2, 0.25) is 0 Å². The highest BCUT2D eigenvalue weighted by Gasteiger charge is 1.89. The Hall–Kier alpha value is -0.0800. The van der Waals surface area contributed by atoms with Crippen molar-refractivity contribution in [2.75, 3.05) is 26.9 Å². The number of hydrogen-bond acceptors (Lipinski definition) is 2. The second-order valence-electron chi connectivity index (χ2n) is 2.44. The lowest BCUT2D eigenvalue weighted by molar-refractivity contribution is 0.164. The molecule has 1 radical (unpaired) electrons. The van der Waals surface area contributed by atoms with Gasteiger partial charge in [0.1, 0.15) is 0 Å². The zero-order chi connectivity index (χ0) is 8.36. The zero-order valence-corrected chi connectivity index (χ0v) is 7.64. The van der Waals surface area contributed by atoms with E-state index in [0.717, 1.165) is 32.7 Å². The SMILES string of the molecule is CCOC[CH]CCCCOC. The Morgan fingerprint density at radius 3 is 2.73 bits per heavy atom. The lowest BCUT2D eigenvalue weighted by Gasteiger charge is -2.00. The first-order valence-electron chi connectivity index (χ1n) is 4.30. The summed E-state index contributed by atoms with van der Waals surface area (Å²) in [7, 11) is 1.74. The van der Waals surface area contributed by atoms with E-state index < -0.39 is 0 Å². The molecule has 0 aliphatic heterocycles. The van der Waals surface area contributed by atoms with Gasteiger partial charge in [-0.1, -0.05) is 6.42 Å². The molecule has 0 spiro atoms. The van der Waals surface area contributed by atoms with Crippen molar-refractivity contribution in [3.8, 4) is 0 Å². The Morgan fingerprint density at radius 1 is 1.27 bits per heavy atom. The highest BCUT2D eigenvalue weighted by molar-refractivity contribution is 4.62. The fraction of sp³-hybridized carbons (Fsp3) is 0.889. The van der Waals surface area contributed by atoms with Gasteiger partial charge in [-0.25, -0.2) is 0 Å². The predicted octanol–water partition coefficient (Wildman–Crippen LogP) is 2.04. The molecule has 67 valence electrons. The van der Waals surface area contributed by atoms with Crippen LogP contribution >= 0.6 is 0 Å². The maximum Gasteiger partial charge on any atom is 0.0497 e. The van der Waals surface area contributed by atoms with Gasteiger partial charge in [0.25, 0.3) is 0 Å².